The van der Waals surface area contributed by atoms with Gasteiger partial charge in [0.2, 0.25) is 0 Å². The zero-order valence-corrected chi connectivity index (χ0v) is 11.9. The van der Waals surface area contributed by atoms with Crippen LogP contribution in [0.5, 0.6) is 5.75 Å². The van der Waals surface area contributed by atoms with E-state index in [1.165, 1.54) is 0 Å². The maximum absolute atomic E-state index is 12.1. The third-order valence-electron chi connectivity index (χ3n) is 4.05. The first-order chi connectivity index (χ1) is 9.47. The summed E-state index contributed by atoms with van der Waals surface area (Å²) in [6.45, 7) is 2.51. The molecule has 1 aromatic carbocycles. The van der Waals surface area contributed by atoms with Crippen molar-refractivity contribution in [2.24, 2.45) is 5.73 Å². The summed E-state index contributed by atoms with van der Waals surface area (Å²) in [6.07, 6.45) is 2.00. The highest BCUT2D eigenvalue weighted by Gasteiger charge is 2.27. The Balaban J connectivity index is 2.03. The molecule has 0 amide bonds. The molecule has 20 heavy (non-hydrogen) atoms. The van der Waals surface area contributed by atoms with Gasteiger partial charge in [-0.3, -0.25) is 4.90 Å². The maximum Gasteiger partial charge on any atom is 0.387 e. The summed E-state index contributed by atoms with van der Waals surface area (Å²) in [5, 5.41) is 0. The van der Waals surface area contributed by atoms with Crippen molar-refractivity contribution < 1.29 is 13.5 Å². The largest absolute Gasteiger partial charge is 0.435 e. The van der Waals surface area contributed by atoms with Gasteiger partial charge < -0.3 is 10.5 Å². The van der Waals surface area contributed by atoms with Gasteiger partial charge in [-0.25, -0.2) is 0 Å². The van der Waals surface area contributed by atoms with Crippen molar-refractivity contribution in [3.05, 3.63) is 29.8 Å². The lowest BCUT2D eigenvalue weighted by molar-refractivity contribution is -0.0498. The van der Waals surface area contributed by atoms with E-state index in [1.54, 1.807) is 12.1 Å². The highest BCUT2D eigenvalue weighted by molar-refractivity contribution is 5.29. The van der Waals surface area contributed by atoms with E-state index in [0.29, 0.717) is 6.04 Å². The van der Waals surface area contributed by atoms with E-state index < -0.39 is 6.61 Å². The van der Waals surface area contributed by atoms with Crippen LogP contribution in [0.25, 0.3) is 0 Å². The molecule has 112 valence electrons. The van der Waals surface area contributed by atoms with E-state index in [9.17, 15) is 8.78 Å². The molecule has 1 fully saturated rings. The van der Waals surface area contributed by atoms with E-state index in [-0.39, 0.29) is 17.8 Å². The Bertz CT molecular complexity index is 424. The van der Waals surface area contributed by atoms with Gasteiger partial charge in [-0.1, -0.05) is 12.1 Å². The van der Waals surface area contributed by atoms with Crippen LogP contribution >= 0.6 is 0 Å². The van der Waals surface area contributed by atoms with Crippen molar-refractivity contribution in [2.75, 3.05) is 6.54 Å². The molecular formula is C15H22F2N2O. The fourth-order valence-corrected chi connectivity index (χ4v) is 2.92. The van der Waals surface area contributed by atoms with Crippen LogP contribution in [0.3, 0.4) is 0 Å². The molecule has 0 aliphatic carbocycles. The molecule has 0 spiro atoms. The minimum absolute atomic E-state index is 0.199. The number of benzene rings is 1. The van der Waals surface area contributed by atoms with Crippen LogP contribution in [0.4, 0.5) is 8.78 Å². The smallest absolute Gasteiger partial charge is 0.387 e. The predicted octanol–water partition coefficient (Wildman–Crippen LogP) is 3.16. The second-order valence-corrected chi connectivity index (χ2v) is 5.49. The summed E-state index contributed by atoms with van der Waals surface area (Å²) >= 11 is 0. The summed E-state index contributed by atoms with van der Waals surface area (Å²) in [7, 11) is 0. The molecule has 1 aliphatic rings. The number of ether oxygens (including phenoxy) is 1. The quantitative estimate of drug-likeness (QED) is 0.923. The SMILES string of the molecule is CC1CC(N)CCN1C(C)c1ccc(OC(F)F)cc1. The Hall–Kier alpha value is -1.20. The van der Waals surface area contributed by atoms with Crippen LogP contribution in [0.1, 0.15) is 38.3 Å². The molecule has 3 nitrogen and oxygen atoms in total. The molecule has 2 N–H and O–H groups in total. The number of alkyl halides is 2. The van der Waals surface area contributed by atoms with Gasteiger partial charge in [-0.2, -0.15) is 8.78 Å². The first-order valence-corrected chi connectivity index (χ1v) is 7.03. The maximum atomic E-state index is 12.1. The van der Waals surface area contributed by atoms with Crippen LogP contribution in [-0.4, -0.2) is 30.1 Å². The summed E-state index contributed by atoms with van der Waals surface area (Å²) in [5.41, 5.74) is 7.08. The molecule has 1 aromatic rings. The average Bonchev–Trinajstić information content (AvgIpc) is 2.38. The van der Waals surface area contributed by atoms with Crippen LogP contribution in [0.15, 0.2) is 24.3 Å². The number of nitrogens with zero attached hydrogens (tertiary/aromatic N) is 1. The van der Waals surface area contributed by atoms with Gasteiger partial charge in [0, 0.05) is 24.7 Å². The van der Waals surface area contributed by atoms with E-state index >= 15 is 0 Å². The van der Waals surface area contributed by atoms with Crippen molar-refractivity contribution in [3.63, 3.8) is 0 Å². The van der Waals surface area contributed by atoms with Crippen molar-refractivity contribution in [2.45, 2.75) is 51.4 Å². The molecule has 3 unspecified atom stereocenters. The van der Waals surface area contributed by atoms with Gasteiger partial charge in [-0.05, 0) is 44.4 Å². The van der Waals surface area contributed by atoms with Gasteiger partial charge in [-0.15, -0.1) is 0 Å². The summed E-state index contributed by atoms with van der Waals surface area (Å²) < 4.78 is 28.6. The zero-order valence-electron chi connectivity index (χ0n) is 11.9. The highest BCUT2D eigenvalue weighted by atomic mass is 19.3. The normalized spacial score (nSPS) is 25.7. The number of nitrogens with two attached hydrogens (primary N) is 1. The zero-order chi connectivity index (χ0) is 14.7. The summed E-state index contributed by atoms with van der Waals surface area (Å²) in [6, 6.07) is 7.86. The molecule has 1 saturated heterocycles. The number of piperidine rings is 1. The van der Waals surface area contributed by atoms with Gasteiger partial charge in [0.05, 0.1) is 0 Å². The van der Waals surface area contributed by atoms with Crippen LogP contribution < -0.4 is 10.5 Å². The summed E-state index contributed by atoms with van der Waals surface area (Å²) in [4.78, 5) is 2.41. The number of hydrogen-bond donors (Lipinski definition) is 1. The van der Waals surface area contributed by atoms with Gasteiger partial charge in [0.15, 0.2) is 0 Å². The first kappa shape index (κ1) is 15.2. The lowest BCUT2D eigenvalue weighted by atomic mass is 9.95. The van der Waals surface area contributed by atoms with E-state index in [2.05, 4.69) is 23.5 Å². The number of likely N-dealkylation sites (tertiary alicyclic amines) is 1. The Morgan fingerprint density at radius 2 is 1.95 bits per heavy atom. The highest BCUT2D eigenvalue weighted by Crippen LogP contribution is 2.29. The van der Waals surface area contributed by atoms with Gasteiger partial charge >= 0.3 is 6.61 Å². The Morgan fingerprint density at radius 3 is 2.50 bits per heavy atom. The van der Waals surface area contributed by atoms with E-state index in [1.807, 2.05) is 12.1 Å². The second kappa shape index (κ2) is 6.50. The molecule has 1 aliphatic heterocycles. The van der Waals surface area contributed by atoms with Crippen molar-refractivity contribution in [1.29, 1.82) is 0 Å². The van der Waals surface area contributed by atoms with Crippen molar-refractivity contribution in [1.82, 2.24) is 4.90 Å². The molecule has 5 heteroatoms. The van der Waals surface area contributed by atoms with Crippen LogP contribution in [0, 0.1) is 0 Å². The molecule has 0 aromatic heterocycles. The van der Waals surface area contributed by atoms with Gasteiger partial charge in [0.25, 0.3) is 0 Å². The predicted molar refractivity (Wildman–Crippen MR) is 74.9 cm³/mol. The minimum atomic E-state index is -2.78. The molecule has 1 heterocycles. The monoisotopic (exact) mass is 284 g/mol. The van der Waals surface area contributed by atoms with Crippen LogP contribution in [0.2, 0.25) is 0 Å². The molecule has 0 radical (unpaired) electrons. The third kappa shape index (κ3) is 3.67. The van der Waals surface area contributed by atoms with Crippen molar-refractivity contribution >= 4 is 0 Å². The van der Waals surface area contributed by atoms with Crippen LogP contribution in [-0.2, 0) is 0 Å². The third-order valence-corrected chi connectivity index (χ3v) is 4.05. The molecule has 0 saturated carbocycles. The second-order valence-electron chi connectivity index (χ2n) is 5.49. The molecule has 0 bridgehead atoms. The Labute approximate surface area is 118 Å². The van der Waals surface area contributed by atoms with E-state index in [0.717, 1.165) is 24.9 Å². The lowest BCUT2D eigenvalue weighted by Gasteiger charge is -2.40. The Kier molecular flexibility index (Phi) is 4.94. The lowest BCUT2D eigenvalue weighted by Crippen LogP contribution is -2.46. The summed E-state index contributed by atoms with van der Waals surface area (Å²) in [5.74, 6) is 0.199. The molecule has 2 rings (SSSR count). The fraction of sp³-hybridized carbons (Fsp3) is 0.600. The minimum Gasteiger partial charge on any atom is -0.435 e. The number of hydrogen-bond acceptors (Lipinski definition) is 3. The average molecular weight is 284 g/mol. The fourth-order valence-electron chi connectivity index (χ4n) is 2.92. The number of rotatable bonds is 4. The van der Waals surface area contributed by atoms with Crippen molar-refractivity contribution in [3.8, 4) is 5.75 Å². The Morgan fingerprint density at radius 1 is 1.30 bits per heavy atom. The topological polar surface area (TPSA) is 38.5 Å². The number of halogens is 2. The first-order valence-electron chi connectivity index (χ1n) is 7.03. The van der Waals surface area contributed by atoms with E-state index in [4.69, 9.17) is 5.73 Å². The van der Waals surface area contributed by atoms with Gasteiger partial charge in [0.1, 0.15) is 5.75 Å². The molecule has 3 atom stereocenters. The molecular weight excluding hydrogens is 262 g/mol. The standard InChI is InChI=1S/C15H22F2N2O/c1-10-9-13(18)7-8-19(10)11(2)12-3-5-14(6-4-12)20-15(16)17/h3-6,10-11,13,15H,7-9,18H2,1-2H3.